The Labute approximate surface area is 166 Å². The third kappa shape index (κ3) is 2.90. The Morgan fingerprint density at radius 1 is 1.11 bits per heavy atom. The number of carbonyl (C=O) groups excluding carboxylic acids is 3. The van der Waals surface area contributed by atoms with E-state index in [2.05, 4.69) is 5.32 Å². The largest absolute Gasteiger partial charge is 0.341 e. The number of para-hydroxylation sites is 1. The minimum Gasteiger partial charge on any atom is -0.341 e. The van der Waals surface area contributed by atoms with Crippen molar-refractivity contribution in [1.29, 1.82) is 0 Å². The van der Waals surface area contributed by atoms with E-state index in [9.17, 15) is 14.4 Å². The molecule has 1 aromatic carbocycles. The van der Waals surface area contributed by atoms with E-state index in [4.69, 9.17) is 0 Å². The molecule has 6 heteroatoms. The first-order valence-corrected chi connectivity index (χ1v) is 10.2. The molecule has 6 nitrogen and oxygen atoms in total. The molecule has 2 fully saturated rings. The summed E-state index contributed by atoms with van der Waals surface area (Å²) >= 11 is 0. The van der Waals surface area contributed by atoms with Crippen LogP contribution in [0.4, 0.5) is 5.69 Å². The molecule has 3 aliphatic heterocycles. The molecule has 1 unspecified atom stereocenters. The standard InChI is InChI=1S/C22H29N3O3/c1-21(2,3)18(25-12-6-9-17(25)26)19(27)24-13-10-22(11-14-24)15-7-4-5-8-16(15)23-20(22)28/h4-5,7-8,18H,6,9-14H2,1-3H3,(H,23,28). The predicted octanol–water partition coefficient (Wildman–Crippen LogP) is 2.54. The fraction of sp³-hybridized carbons (Fsp3) is 0.591. The van der Waals surface area contributed by atoms with Gasteiger partial charge in [0.2, 0.25) is 17.7 Å². The molecular weight excluding hydrogens is 354 g/mol. The summed E-state index contributed by atoms with van der Waals surface area (Å²) in [4.78, 5) is 42.2. The van der Waals surface area contributed by atoms with Crippen LogP contribution in [0, 0.1) is 5.41 Å². The fourth-order valence-electron chi connectivity index (χ4n) is 5.07. The molecule has 150 valence electrons. The first-order valence-electron chi connectivity index (χ1n) is 10.2. The Hall–Kier alpha value is -2.37. The number of rotatable bonds is 2. The van der Waals surface area contributed by atoms with Crippen molar-refractivity contribution in [1.82, 2.24) is 9.80 Å². The van der Waals surface area contributed by atoms with Gasteiger partial charge >= 0.3 is 0 Å². The second kappa shape index (κ2) is 6.61. The summed E-state index contributed by atoms with van der Waals surface area (Å²) in [5, 5.41) is 3.00. The van der Waals surface area contributed by atoms with Crippen LogP contribution in [0.5, 0.6) is 0 Å². The molecule has 1 N–H and O–H groups in total. The average Bonchev–Trinajstić information content (AvgIpc) is 3.17. The normalized spacial score (nSPS) is 22.4. The van der Waals surface area contributed by atoms with E-state index in [1.165, 1.54) is 0 Å². The highest BCUT2D eigenvalue weighted by molar-refractivity contribution is 6.06. The van der Waals surface area contributed by atoms with Crippen LogP contribution in [0.15, 0.2) is 24.3 Å². The van der Waals surface area contributed by atoms with Crippen molar-refractivity contribution in [3.05, 3.63) is 29.8 Å². The van der Waals surface area contributed by atoms with Crippen molar-refractivity contribution < 1.29 is 14.4 Å². The van der Waals surface area contributed by atoms with Gasteiger partial charge in [-0.3, -0.25) is 14.4 Å². The Bertz CT molecular complexity index is 819. The quantitative estimate of drug-likeness (QED) is 0.853. The number of likely N-dealkylation sites (tertiary alicyclic amines) is 2. The second-order valence-corrected chi connectivity index (χ2v) is 9.37. The molecule has 0 saturated carbocycles. The van der Waals surface area contributed by atoms with Crippen molar-refractivity contribution in [3.63, 3.8) is 0 Å². The Morgan fingerprint density at radius 2 is 1.79 bits per heavy atom. The summed E-state index contributed by atoms with van der Waals surface area (Å²) in [7, 11) is 0. The number of anilines is 1. The van der Waals surface area contributed by atoms with Gasteiger partial charge in [0.15, 0.2) is 0 Å². The van der Waals surface area contributed by atoms with E-state index in [-0.39, 0.29) is 23.1 Å². The summed E-state index contributed by atoms with van der Waals surface area (Å²) in [6, 6.07) is 7.41. The summed E-state index contributed by atoms with van der Waals surface area (Å²) < 4.78 is 0. The molecule has 3 aliphatic rings. The van der Waals surface area contributed by atoms with Crippen LogP contribution < -0.4 is 5.32 Å². The van der Waals surface area contributed by atoms with Gasteiger partial charge < -0.3 is 15.1 Å². The fourth-order valence-corrected chi connectivity index (χ4v) is 5.07. The van der Waals surface area contributed by atoms with Crippen molar-refractivity contribution in [3.8, 4) is 0 Å². The smallest absolute Gasteiger partial charge is 0.245 e. The van der Waals surface area contributed by atoms with E-state index in [0.29, 0.717) is 38.9 Å². The zero-order valence-electron chi connectivity index (χ0n) is 17.0. The van der Waals surface area contributed by atoms with Crippen LogP contribution in [0.1, 0.15) is 52.0 Å². The van der Waals surface area contributed by atoms with Crippen LogP contribution in [-0.4, -0.2) is 53.2 Å². The zero-order valence-corrected chi connectivity index (χ0v) is 17.0. The summed E-state index contributed by atoms with van der Waals surface area (Å²) in [6.45, 7) is 7.79. The molecule has 1 atom stereocenters. The highest BCUT2D eigenvalue weighted by Gasteiger charge is 2.50. The van der Waals surface area contributed by atoms with E-state index in [0.717, 1.165) is 17.7 Å². The van der Waals surface area contributed by atoms with E-state index in [1.54, 1.807) is 4.90 Å². The Morgan fingerprint density at radius 3 is 2.39 bits per heavy atom. The third-order valence-electron chi connectivity index (χ3n) is 6.53. The minimum atomic E-state index is -0.534. The van der Waals surface area contributed by atoms with Crippen LogP contribution in [0.3, 0.4) is 0 Å². The molecule has 0 aliphatic carbocycles. The molecular formula is C22H29N3O3. The highest BCUT2D eigenvalue weighted by Crippen LogP contribution is 2.45. The van der Waals surface area contributed by atoms with Gasteiger partial charge in [-0.05, 0) is 36.3 Å². The molecule has 28 heavy (non-hydrogen) atoms. The number of fused-ring (bicyclic) bond motifs is 2. The first kappa shape index (κ1) is 19.0. The van der Waals surface area contributed by atoms with Crippen LogP contribution >= 0.6 is 0 Å². The molecule has 4 rings (SSSR count). The molecule has 1 aromatic rings. The molecule has 0 bridgehead atoms. The van der Waals surface area contributed by atoms with Gasteiger partial charge in [0.05, 0.1) is 5.41 Å². The average molecular weight is 383 g/mol. The van der Waals surface area contributed by atoms with Gasteiger partial charge in [-0.15, -0.1) is 0 Å². The van der Waals surface area contributed by atoms with Crippen molar-refractivity contribution in [2.45, 2.75) is 57.9 Å². The maximum Gasteiger partial charge on any atom is 0.245 e. The van der Waals surface area contributed by atoms with Gasteiger partial charge in [0.1, 0.15) is 6.04 Å². The van der Waals surface area contributed by atoms with Gasteiger partial charge in [-0.25, -0.2) is 0 Å². The monoisotopic (exact) mass is 383 g/mol. The molecule has 0 radical (unpaired) electrons. The molecule has 3 amide bonds. The van der Waals surface area contributed by atoms with Gasteiger partial charge in [-0.1, -0.05) is 39.0 Å². The van der Waals surface area contributed by atoms with Crippen molar-refractivity contribution in [2.24, 2.45) is 5.41 Å². The van der Waals surface area contributed by atoms with Crippen LogP contribution in [0.25, 0.3) is 0 Å². The van der Waals surface area contributed by atoms with E-state index >= 15 is 0 Å². The molecule has 0 aromatic heterocycles. The molecule has 1 spiro atoms. The maximum atomic E-state index is 13.4. The van der Waals surface area contributed by atoms with Gasteiger partial charge in [-0.2, -0.15) is 0 Å². The number of benzene rings is 1. The summed E-state index contributed by atoms with van der Waals surface area (Å²) in [5.41, 5.74) is 1.08. The number of piperidine rings is 1. The number of amides is 3. The third-order valence-corrected chi connectivity index (χ3v) is 6.53. The number of hydrogen-bond donors (Lipinski definition) is 1. The first-order chi connectivity index (χ1) is 13.2. The number of carbonyl (C=O) groups is 3. The number of nitrogens with zero attached hydrogens (tertiary/aromatic N) is 2. The second-order valence-electron chi connectivity index (χ2n) is 9.37. The lowest BCUT2D eigenvalue weighted by atomic mass is 9.73. The predicted molar refractivity (Wildman–Crippen MR) is 107 cm³/mol. The lowest BCUT2D eigenvalue weighted by Gasteiger charge is -2.43. The Kier molecular flexibility index (Phi) is 4.47. The number of hydrogen-bond acceptors (Lipinski definition) is 3. The maximum absolute atomic E-state index is 13.4. The van der Waals surface area contributed by atoms with Gasteiger partial charge in [0, 0.05) is 31.7 Å². The molecule has 2 saturated heterocycles. The summed E-state index contributed by atoms with van der Waals surface area (Å²) in [5.74, 6) is 0.137. The zero-order chi connectivity index (χ0) is 20.1. The topological polar surface area (TPSA) is 69.7 Å². The van der Waals surface area contributed by atoms with Crippen LogP contribution in [-0.2, 0) is 19.8 Å². The number of nitrogens with one attached hydrogen (secondary N) is 1. The minimum absolute atomic E-state index is 0.0179. The van der Waals surface area contributed by atoms with Crippen LogP contribution in [0.2, 0.25) is 0 Å². The highest BCUT2D eigenvalue weighted by atomic mass is 16.2. The lowest BCUT2D eigenvalue weighted by molar-refractivity contribution is -0.149. The van der Waals surface area contributed by atoms with Gasteiger partial charge in [0.25, 0.3) is 0 Å². The molecule has 3 heterocycles. The van der Waals surface area contributed by atoms with E-state index in [1.807, 2.05) is 49.9 Å². The summed E-state index contributed by atoms with van der Waals surface area (Å²) in [6.07, 6.45) is 2.58. The SMILES string of the molecule is CC(C)(C)C(C(=O)N1CCC2(CC1)C(=O)Nc1ccccc12)N1CCCC1=O. The van der Waals surface area contributed by atoms with Crippen molar-refractivity contribution in [2.75, 3.05) is 25.0 Å². The van der Waals surface area contributed by atoms with E-state index < -0.39 is 11.5 Å². The van der Waals surface area contributed by atoms with Crippen molar-refractivity contribution >= 4 is 23.4 Å². The Balaban J connectivity index is 1.54. The lowest BCUT2D eigenvalue weighted by Crippen LogP contribution is -2.58.